The van der Waals surface area contributed by atoms with Gasteiger partial charge in [-0.3, -0.25) is 4.79 Å². The zero-order valence-corrected chi connectivity index (χ0v) is 28.9. The van der Waals surface area contributed by atoms with Crippen LogP contribution in [-0.2, 0) is 22.5 Å². The van der Waals surface area contributed by atoms with E-state index in [-0.39, 0.29) is 44.3 Å². The molecule has 0 bridgehead atoms. The van der Waals surface area contributed by atoms with Crippen LogP contribution in [0.3, 0.4) is 0 Å². The molecule has 1 aromatic heterocycles. The Morgan fingerprint density at radius 3 is 2.57 bits per heavy atom. The van der Waals surface area contributed by atoms with Crippen LogP contribution < -0.4 is 14.5 Å². The number of benzene rings is 2. The van der Waals surface area contributed by atoms with E-state index in [9.17, 15) is 19.2 Å². The molecule has 3 aliphatic heterocycles. The molecule has 6 rings (SSSR count). The molecule has 258 valence electrons. The highest BCUT2D eigenvalue weighted by atomic mass is 35.5. The van der Waals surface area contributed by atoms with Gasteiger partial charge in [0, 0.05) is 49.4 Å². The number of fused-ring (bicyclic) bond motifs is 2. The third kappa shape index (κ3) is 7.37. The fraction of sp³-hybridized carbons (Fsp3) is 0.472. The molecule has 3 aliphatic rings. The molecule has 0 N–H and O–H groups in total. The lowest BCUT2D eigenvalue weighted by Crippen LogP contribution is -2.55. The fourth-order valence-corrected chi connectivity index (χ4v) is 7.23. The predicted octanol–water partition coefficient (Wildman–Crippen LogP) is 6.04. The predicted molar refractivity (Wildman–Crippen MR) is 185 cm³/mol. The minimum absolute atomic E-state index is 0.0317. The quantitative estimate of drug-likeness (QED) is 0.274. The molecule has 0 unspecified atom stereocenters. The highest BCUT2D eigenvalue weighted by Crippen LogP contribution is 2.37. The molecule has 0 aliphatic carbocycles. The highest BCUT2D eigenvalue weighted by Gasteiger charge is 2.36. The van der Waals surface area contributed by atoms with Gasteiger partial charge in [-0.15, -0.1) is 0 Å². The van der Waals surface area contributed by atoms with Gasteiger partial charge in [-0.25, -0.2) is 9.18 Å². The van der Waals surface area contributed by atoms with Crippen molar-refractivity contribution in [3.63, 3.8) is 0 Å². The third-order valence-electron chi connectivity index (χ3n) is 9.21. The van der Waals surface area contributed by atoms with Crippen molar-refractivity contribution in [2.24, 2.45) is 0 Å². The number of carbonyl (C=O) groups excluding carboxylic acids is 2. The first-order valence-electron chi connectivity index (χ1n) is 16.6. The normalized spacial score (nSPS) is 19.4. The van der Waals surface area contributed by atoms with Crippen LogP contribution in [0.4, 0.5) is 20.7 Å². The summed E-state index contributed by atoms with van der Waals surface area (Å²) in [6.45, 7) is 11.5. The Morgan fingerprint density at radius 1 is 1.06 bits per heavy atom. The summed E-state index contributed by atoms with van der Waals surface area (Å²) in [4.78, 5) is 42.7. The lowest BCUT2D eigenvalue weighted by Gasteiger charge is -2.42. The number of amides is 2. The van der Waals surface area contributed by atoms with Gasteiger partial charge in [-0.1, -0.05) is 42.4 Å². The number of likely N-dealkylation sites (tertiary alicyclic amines) is 1. The SMILES string of the molecule is C=C(F)C(=O)N1CCN(c2nc(OC[C@@H]3CCCN3C(=O)OC(C)(C)C)nc3c2CCN(c2cccc4cccc(Cl)c24)C3)C[C@@H]1CC#N. The second-order valence-corrected chi connectivity index (χ2v) is 14.1. The largest absolute Gasteiger partial charge is 0.461 e. The van der Waals surface area contributed by atoms with Crippen LogP contribution in [0.25, 0.3) is 10.8 Å². The number of anilines is 2. The van der Waals surface area contributed by atoms with Gasteiger partial charge in [-0.2, -0.15) is 15.2 Å². The Hall–Kier alpha value is -4.63. The lowest BCUT2D eigenvalue weighted by atomic mass is 10.0. The number of hydrogen-bond acceptors (Lipinski definition) is 9. The fourth-order valence-electron chi connectivity index (χ4n) is 6.95. The van der Waals surface area contributed by atoms with Crippen molar-refractivity contribution in [3.8, 4) is 12.1 Å². The van der Waals surface area contributed by atoms with Crippen LogP contribution in [0.5, 0.6) is 6.01 Å². The number of rotatable bonds is 7. The van der Waals surface area contributed by atoms with Gasteiger partial charge < -0.3 is 29.1 Å². The van der Waals surface area contributed by atoms with E-state index >= 15 is 0 Å². The van der Waals surface area contributed by atoms with Gasteiger partial charge in [0.05, 0.1) is 41.8 Å². The number of nitrogens with zero attached hydrogens (tertiary/aromatic N) is 7. The molecule has 49 heavy (non-hydrogen) atoms. The first kappa shape index (κ1) is 34.2. The summed E-state index contributed by atoms with van der Waals surface area (Å²) in [6.07, 6.45) is 1.88. The standard InChI is InChI=1S/C36H41ClFN7O4/c1-23(38)33(46)44-19-18-43(20-25(44)13-15-39)32-27-14-17-42(30-12-6-9-24-8-5-11-28(37)31(24)30)21-29(27)40-34(41-32)48-22-26-10-7-16-45(26)35(47)49-36(2,3)4/h5-6,8-9,11-12,25-26H,1,7,10,13-14,16-22H2,2-4H3/t25-,26-/m0/s1. The van der Waals surface area contributed by atoms with E-state index in [0.717, 1.165) is 40.6 Å². The van der Waals surface area contributed by atoms with Gasteiger partial charge in [0.2, 0.25) is 0 Å². The van der Waals surface area contributed by atoms with E-state index in [0.29, 0.717) is 43.4 Å². The number of halogens is 2. The monoisotopic (exact) mass is 689 g/mol. The number of carbonyl (C=O) groups is 2. The topological polar surface area (TPSA) is 115 Å². The lowest BCUT2D eigenvalue weighted by molar-refractivity contribution is -0.131. The van der Waals surface area contributed by atoms with Crippen molar-refractivity contribution in [2.45, 2.75) is 70.7 Å². The van der Waals surface area contributed by atoms with E-state index in [1.807, 2.05) is 56.0 Å². The molecule has 2 saturated heterocycles. The van der Waals surface area contributed by atoms with E-state index in [4.69, 9.17) is 31.0 Å². The maximum atomic E-state index is 13.9. The Balaban J connectivity index is 1.32. The molecule has 2 amide bonds. The number of nitriles is 1. The summed E-state index contributed by atoms with van der Waals surface area (Å²) in [5, 5.41) is 12.2. The zero-order valence-electron chi connectivity index (χ0n) is 28.1. The minimum Gasteiger partial charge on any atom is -0.461 e. The number of ether oxygens (including phenoxy) is 2. The number of hydrogen-bond donors (Lipinski definition) is 0. The molecule has 0 radical (unpaired) electrons. The maximum Gasteiger partial charge on any atom is 0.410 e. The van der Waals surface area contributed by atoms with Crippen LogP contribution in [-0.4, -0.2) is 88.8 Å². The summed E-state index contributed by atoms with van der Waals surface area (Å²) in [7, 11) is 0. The molecule has 11 nitrogen and oxygen atoms in total. The Kier molecular flexibility index (Phi) is 9.84. The number of aromatic nitrogens is 2. The molecule has 13 heteroatoms. The molecule has 3 aromatic rings. The van der Waals surface area contributed by atoms with E-state index in [1.54, 1.807) is 4.90 Å². The van der Waals surface area contributed by atoms with Crippen LogP contribution in [0.15, 0.2) is 48.8 Å². The molecular formula is C36H41ClFN7O4. The highest BCUT2D eigenvalue weighted by molar-refractivity contribution is 6.36. The van der Waals surface area contributed by atoms with Crippen LogP contribution in [0.1, 0.15) is 51.3 Å². The van der Waals surface area contributed by atoms with Crippen molar-refractivity contribution in [2.75, 3.05) is 49.1 Å². The zero-order chi connectivity index (χ0) is 34.9. The van der Waals surface area contributed by atoms with Gasteiger partial charge in [0.1, 0.15) is 18.0 Å². The van der Waals surface area contributed by atoms with Gasteiger partial charge in [0.25, 0.3) is 5.91 Å². The Bertz CT molecular complexity index is 1800. The van der Waals surface area contributed by atoms with Gasteiger partial charge >= 0.3 is 12.1 Å². The van der Waals surface area contributed by atoms with Crippen LogP contribution in [0, 0.1) is 11.3 Å². The van der Waals surface area contributed by atoms with Crippen molar-refractivity contribution in [3.05, 3.63) is 65.1 Å². The third-order valence-corrected chi connectivity index (χ3v) is 9.52. The maximum absolute atomic E-state index is 13.9. The van der Waals surface area contributed by atoms with Crippen molar-refractivity contribution in [1.82, 2.24) is 19.8 Å². The molecule has 0 saturated carbocycles. The molecule has 0 spiro atoms. The summed E-state index contributed by atoms with van der Waals surface area (Å²) in [5.74, 6) is -1.18. The summed E-state index contributed by atoms with van der Waals surface area (Å²) < 4.78 is 25.8. The van der Waals surface area contributed by atoms with Gasteiger partial charge in [-0.05, 0) is 57.6 Å². The van der Waals surface area contributed by atoms with Crippen LogP contribution >= 0.6 is 11.6 Å². The van der Waals surface area contributed by atoms with Gasteiger partial charge in [0.15, 0.2) is 5.83 Å². The smallest absolute Gasteiger partial charge is 0.410 e. The van der Waals surface area contributed by atoms with E-state index in [2.05, 4.69) is 23.6 Å². The van der Waals surface area contributed by atoms with E-state index in [1.165, 1.54) is 4.90 Å². The number of piperazine rings is 1. The molecular weight excluding hydrogens is 649 g/mol. The molecule has 4 heterocycles. The first-order chi connectivity index (χ1) is 23.4. The summed E-state index contributed by atoms with van der Waals surface area (Å²) in [6, 6.07) is 13.6. The van der Waals surface area contributed by atoms with Crippen molar-refractivity contribution in [1.29, 1.82) is 5.26 Å². The van der Waals surface area contributed by atoms with Crippen molar-refractivity contribution >= 4 is 45.9 Å². The minimum atomic E-state index is -1.05. The van der Waals surface area contributed by atoms with Crippen molar-refractivity contribution < 1.29 is 23.5 Å². The average molecular weight is 690 g/mol. The molecule has 2 fully saturated rings. The molecule has 2 atom stereocenters. The summed E-state index contributed by atoms with van der Waals surface area (Å²) >= 11 is 6.70. The Morgan fingerprint density at radius 2 is 1.84 bits per heavy atom. The summed E-state index contributed by atoms with van der Waals surface area (Å²) in [5.41, 5.74) is 2.13. The average Bonchev–Trinajstić information content (AvgIpc) is 3.55. The second-order valence-electron chi connectivity index (χ2n) is 13.7. The Labute approximate surface area is 290 Å². The van der Waals surface area contributed by atoms with E-state index < -0.39 is 23.4 Å². The molecule has 2 aromatic carbocycles. The first-order valence-corrected chi connectivity index (χ1v) is 17.0. The second kappa shape index (κ2) is 14.1. The van der Waals surface area contributed by atoms with Crippen LogP contribution in [0.2, 0.25) is 5.02 Å².